The van der Waals surface area contributed by atoms with Gasteiger partial charge in [-0.05, 0) is 6.42 Å². The zero-order chi connectivity index (χ0) is 14.6. The highest BCUT2D eigenvalue weighted by atomic mass is 32.1. The molecule has 0 saturated carbocycles. The van der Waals surface area contributed by atoms with Crippen molar-refractivity contribution in [1.29, 1.82) is 0 Å². The Morgan fingerprint density at radius 2 is 2.30 bits per heavy atom. The molecule has 1 aliphatic rings. The average molecular weight is 298 g/mol. The third kappa shape index (κ3) is 4.25. The van der Waals surface area contributed by atoms with E-state index in [0.717, 1.165) is 50.0 Å². The minimum absolute atomic E-state index is 0.113. The van der Waals surface area contributed by atoms with Crippen LogP contribution in [0.2, 0.25) is 0 Å². The van der Waals surface area contributed by atoms with Crippen molar-refractivity contribution < 1.29 is 9.47 Å². The van der Waals surface area contributed by atoms with E-state index in [1.54, 1.807) is 18.4 Å². The molecular weight excluding hydrogens is 272 g/mol. The lowest BCUT2D eigenvalue weighted by molar-refractivity contribution is -0.0318. The highest BCUT2D eigenvalue weighted by Crippen LogP contribution is 2.30. The van der Waals surface area contributed by atoms with Crippen LogP contribution in [0.5, 0.6) is 0 Å². The number of aromatic nitrogens is 1. The molecule has 5 heteroatoms. The molecule has 1 aromatic rings. The molecule has 2 rings (SSSR count). The van der Waals surface area contributed by atoms with E-state index in [9.17, 15) is 0 Å². The largest absolute Gasteiger partial charge is 0.385 e. The molecule has 1 saturated heterocycles. The maximum atomic E-state index is 5.90. The van der Waals surface area contributed by atoms with E-state index < -0.39 is 0 Å². The number of morpholine rings is 1. The first-order valence-electron chi connectivity index (χ1n) is 7.29. The van der Waals surface area contributed by atoms with Gasteiger partial charge in [0.15, 0.2) is 0 Å². The lowest BCUT2D eigenvalue weighted by atomic mass is 9.93. The van der Waals surface area contributed by atoms with Gasteiger partial charge >= 0.3 is 0 Å². The number of thiazole rings is 1. The van der Waals surface area contributed by atoms with E-state index in [2.05, 4.69) is 31.1 Å². The summed E-state index contributed by atoms with van der Waals surface area (Å²) in [6.45, 7) is 11.2. The summed E-state index contributed by atoms with van der Waals surface area (Å²) in [7, 11) is 1.76. The lowest BCUT2D eigenvalue weighted by Gasteiger charge is -2.31. The molecule has 1 aromatic heterocycles. The van der Waals surface area contributed by atoms with Gasteiger partial charge in [0.2, 0.25) is 0 Å². The maximum absolute atomic E-state index is 5.90. The SMILES string of the molecule is COCCCN1CCO[C@H](c2nc(C(C)(C)C)cs2)C1. The Labute approximate surface area is 126 Å². The minimum Gasteiger partial charge on any atom is -0.385 e. The van der Waals surface area contributed by atoms with Crippen molar-refractivity contribution >= 4 is 11.3 Å². The van der Waals surface area contributed by atoms with Gasteiger partial charge in [0.05, 0.1) is 12.3 Å². The predicted molar refractivity (Wildman–Crippen MR) is 82.4 cm³/mol. The quantitative estimate of drug-likeness (QED) is 0.783. The maximum Gasteiger partial charge on any atom is 0.123 e. The molecule has 4 nitrogen and oxygen atoms in total. The highest BCUT2D eigenvalue weighted by molar-refractivity contribution is 7.09. The van der Waals surface area contributed by atoms with E-state index in [1.807, 2.05) is 0 Å². The first-order chi connectivity index (χ1) is 9.50. The Hall–Kier alpha value is -0.490. The van der Waals surface area contributed by atoms with Crippen LogP contribution < -0.4 is 0 Å². The summed E-state index contributed by atoms with van der Waals surface area (Å²) in [4.78, 5) is 7.23. The van der Waals surface area contributed by atoms with Gasteiger partial charge in [0.25, 0.3) is 0 Å². The normalized spacial score (nSPS) is 21.3. The van der Waals surface area contributed by atoms with Crippen LogP contribution >= 0.6 is 11.3 Å². The third-order valence-corrected chi connectivity index (χ3v) is 4.48. The molecule has 1 fully saturated rings. The van der Waals surface area contributed by atoms with Gasteiger partial charge in [-0.3, -0.25) is 4.90 Å². The van der Waals surface area contributed by atoms with Crippen molar-refractivity contribution in [2.24, 2.45) is 0 Å². The van der Waals surface area contributed by atoms with Gasteiger partial charge in [-0.2, -0.15) is 0 Å². The van der Waals surface area contributed by atoms with Crippen molar-refractivity contribution in [1.82, 2.24) is 9.88 Å². The number of ether oxygens (including phenoxy) is 2. The standard InChI is InChI=1S/C15H26N2O2S/c1-15(2,3)13-11-20-14(16-13)12-10-17(7-9-19-12)6-5-8-18-4/h11-12H,5-10H2,1-4H3/t12-/m0/s1. The summed E-state index contributed by atoms with van der Waals surface area (Å²) in [6.07, 6.45) is 1.21. The molecular formula is C15H26N2O2S. The molecule has 1 aliphatic heterocycles. The van der Waals surface area contributed by atoms with Crippen molar-refractivity contribution in [2.45, 2.75) is 38.7 Å². The molecule has 2 heterocycles. The Morgan fingerprint density at radius 1 is 1.50 bits per heavy atom. The summed E-state index contributed by atoms with van der Waals surface area (Å²) in [6, 6.07) is 0. The van der Waals surface area contributed by atoms with Crippen LogP contribution in [0.4, 0.5) is 0 Å². The van der Waals surface area contributed by atoms with Crippen LogP contribution in [0.3, 0.4) is 0 Å². The molecule has 0 radical (unpaired) electrons. The molecule has 0 unspecified atom stereocenters. The van der Waals surface area contributed by atoms with Crippen molar-refractivity contribution in [3.05, 3.63) is 16.1 Å². The fraction of sp³-hybridized carbons (Fsp3) is 0.800. The molecule has 0 aromatic carbocycles. The Kier molecular flexibility index (Phi) is 5.55. The first kappa shape index (κ1) is 15.9. The Bertz CT molecular complexity index is 414. The fourth-order valence-corrected chi connectivity index (χ4v) is 3.35. The van der Waals surface area contributed by atoms with E-state index in [1.165, 1.54) is 0 Å². The highest BCUT2D eigenvalue weighted by Gasteiger charge is 2.26. The van der Waals surface area contributed by atoms with Crippen LogP contribution in [-0.4, -0.2) is 49.8 Å². The zero-order valence-corrected chi connectivity index (χ0v) is 13.8. The predicted octanol–water partition coefficient (Wildman–Crippen LogP) is 2.85. The number of hydrogen-bond donors (Lipinski definition) is 0. The second-order valence-electron chi connectivity index (χ2n) is 6.33. The van der Waals surface area contributed by atoms with Crippen molar-refractivity contribution in [3.63, 3.8) is 0 Å². The smallest absolute Gasteiger partial charge is 0.123 e. The second-order valence-corrected chi connectivity index (χ2v) is 7.22. The second kappa shape index (κ2) is 6.98. The number of methoxy groups -OCH3 is 1. The number of hydrogen-bond acceptors (Lipinski definition) is 5. The van der Waals surface area contributed by atoms with E-state index in [4.69, 9.17) is 14.5 Å². The fourth-order valence-electron chi connectivity index (χ4n) is 2.27. The summed E-state index contributed by atoms with van der Waals surface area (Å²) in [5, 5.41) is 3.29. The van der Waals surface area contributed by atoms with Gasteiger partial charge in [0.1, 0.15) is 11.1 Å². The van der Waals surface area contributed by atoms with E-state index in [0.29, 0.717) is 0 Å². The molecule has 0 N–H and O–H groups in total. The molecule has 0 aliphatic carbocycles. The summed E-state index contributed by atoms with van der Waals surface area (Å²) < 4.78 is 11.0. The Balaban J connectivity index is 1.93. The Morgan fingerprint density at radius 3 is 2.95 bits per heavy atom. The molecule has 20 heavy (non-hydrogen) atoms. The molecule has 0 amide bonds. The van der Waals surface area contributed by atoms with Crippen molar-refractivity contribution in [3.8, 4) is 0 Å². The molecule has 0 bridgehead atoms. The van der Waals surface area contributed by atoms with Gasteiger partial charge in [-0.25, -0.2) is 4.98 Å². The molecule has 1 atom stereocenters. The van der Waals surface area contributed by atoms with Gasteiger partial charge in [0, 0.05) is 44.1 Å². The first-order valence-corrected chi connectivity index (χ1v) is 8.17. The topological polar surface area (TPSA) is 34.6 Å². The van der Waals surface area contributed by atoms with E-state index >= 15 is 0 Å². The lowest BCUT2D eigenvalue weighted by Crippen LogP contribution is -2.39. The summed E-state index contributed by atoms with van der Waals surface area (Å²) in [5.74, 6) is 0. The molecule has 0 spiro atoms. The zero-order valence-electron chi connectivity index (χ0n) is 13.0. The summed E-state index contributed by atoms with van der Waals surface area (Å²) >= 11 is 1.73. The molecule has 114 valence electrons. The van der Waals surface area contributed by atoms with E-state index in [-0.39, 0.29) is 11.5 Å². The monoisotopic (exact) mass is 298 g/mol. The van der Waals surface area contributed by atoms with Gasteiger partial charge in [-0.1, -0.05) is 20.8 Å². The van der Waals surface area contributed by atoms with Gasteiger partial charge < -0.3 is 9.47 Å². The third-order valence-electron chi connectivity index (χ3n) is 3.54. The van der Waals surface area contributed by atoms with Crippen LogP contribution in [-0.2, 0) is 14.9 Å². The van der Waals surface area contributed by atoms with Crippen molar-refractivity contribution in [2.75, 3.05) is 40.0 Å². The van der Waals surface area contributed by atoms with Crippen LogP contribution in [0.25, 0.3) is 0 Å². The van der Waals surface area contributed by atoms with Crippen LogP contribution in [0.1, 0.15) is 44.0 Å². The average Bonchev–Trinajstić information content (AvgIpc) is 2.89. The minimum atomic E-state index is 0.113. The number of nitrogens with zero attached hydrogens (tertiary/aromatic N) is 2. The van der Waals surface area contributed by atoms with Crippen LogP contribution in [0, 0.1) is 0 Å². The summed E-state index contributed by atoms with van der Waals surface area (Å²) in [5.41, 5.74) is 1.28. The van der Waals surface area contributed by atoms with Crippen LogP contribution in [0.15, 0.2) is 5.38 Å². The number of rotatable bonds is 5. The van der Waals surface area contributed by atoms with Gasteiger partial charge in [-0.15, -0.1) is 11.3 Å².